The van der Waals surface area contributed by atoms with Crippen LogP contribution in [-0.2, 0) is 0 Å². The van der Waals surface area contributed by atoms with Gasteiger partial charge in [-0.1, -0.05) is 6.07 Å². The number of aromatic nitrogens is 4. The standard InChI is InChI=1S/C17H11FN4O/c18-14-2-1-3-16(7-14)23-17-20-8-13(9-21-17)12-4-5-22-11-19-10-15(22)6-12/h1-11H. The summed E-state index contributed by atoms with van der Waals surface area (Å²) in [6, 6.07) is 9.98. The Morgan fingerprint density at radius 2 is 1.83 bits per heavy atom. The van der Waals surface area contributed by atoms with Gasteiger partial charge in [0.15, 0.2) is 0 Å². The van der Waals surface area contributed by atoms with Crippen molar-refractivity contribution in [2.24, 2.45) is 0 Å². The molecule has 0 unspecified atom stereocenters. The maximum Gasteiger partial charge on any atom is 0.321 e. The highest BCUT2D eigenvalue weighted by molar-refractivity contribution is 5.67. The minimum Gasteiger partial charge on any atom is -0.424 e. The van der Waals surface area contributed by atoms with Crippen molar-refractivity contribution in [3.05, 3.63) is 73.3 Å². The van der Waals surface area contributed by atoms with Crippen molar-refractivity contribution in [2.45, 2.75) is 0 Å². The highest BCUT2D eigenvalue weighted by atomic mass is 19.1. The average molecular weight is 306 g/mol. The molecule has 0 radical (unpaired) electrons. The summed E-state index contributed by atoms with van der Waals surface area (Å²) in [4.78, 5) is 12.4. The molecule has 0 atom stereocenters. The number of fused-ring (bicyclic) bond motifs is 1. The van der Waals surface area contributed by atoms with E-state index in [0.717, 1.165) is 16.6 Å². The van der Waals surface area contributed by atoms with Crippen molar-refractivity contribution in [3.63, 3.8) is 0 Å². The zero-order valence-corrected chi connectivity index (χ0v) is 11.9. The summed E-state index contributed by atoms with van der Waals surface area (Å²) in [6.45, 7) is 0. The van der Waals surface area contributed by atoms with Crippen LogP contribution < -0.4 is 4.74 Å². The van der Waals surface area contributed by atoms with Crippen molar-refractivity contribution in [1.29, 1.82) is 0 Å². The topological polar surface area (TPSA) is 52.3 Å². The van der Waals surface area contributed by atoms with Gasteiger partial charge in [0.2, 0.25) is 0 Å². The number of hydrogen-bond acceptors (Lipinski definition) is 4. The molecule has 5 nitrogen and oxygen atoms in total. The number of pyridine rings is 1. The molecule has 0 saturated carbocycles. The van der Waals surface area contributed by atoms with Crippen molar-refractivity contribution in [3.8, 4) is 22.9 Å². The van der Waals surface area contributed by atoms with Gasteiger partial charge in [0, 0.05) is 30.2 Å². The molecule has 1 aromatic carbocycles. The summed E-state index contributed by atoms with van der Waals surface area (Å²) in [5.41, 5.74) is 2.83. The van der Waals surface area contributed by atoms with Gasteiger partial charge >= 0.3 is 6.01 Å². The van der Waals surface area contributed by atoms with Gasteiger partial charge in [-0.3, -0.25) is 0 Å². The van der Waals surface area contributed by atoms with Crippen LogP contribution in [0.5, 0.6) is 11.8 Å². The lowest BCUT2D eigenvalue weighted by Gasteiger charge is -2.05. The third-order valence-corrected chi connectivity index (χ3v) is 3.38. The van der Waals surface area contributed by atoms with E-state index in [2.05, 4.69) is 15.0 Å². The molecule has 0 aliphatic carbocycles. The molecule has 0 saturated heterocycles. The number of imidazole rings is 1. The Bertz CT molecular complexity index is 966. The molecule has 4 aromatic rings. The molecular weight excluding hydrogens is 295 g/mol. The van der Waals surface area contributed by atoms with E-state index in [1.165, 1.54) is 12.1 Å². The van der Waals surface area contributed by atoms with Gasteiger partial charge < -0.3 is 9.14 Å². The Labute approximate surface area is 131 Å². The van der Waals surface area contributed by atoms with E-state index < -0.39 is 0 Å². The molecule has 6 heteroatoms. The van der Waals surface area contributed by atoms with Crippen molar-refractivity contribution in [2.75, 3.05) is 0 Å². The predicted octanol–water partition coefficient (Wildman–Crippen LogP) is 3.72. The Kier molecular flexibility index (Phi) is 3.20. The van der Waals surface area contributed by atoms with E-state index in [1.54, 1.807) is 37.1 Å². The molecule has 3 heterocycles. The summed E-state index contributed by atoms with van der Waals surface area (Å²) < 4.78 is 20.5. The maximum absolute atomic E-state index is 13.1. The summed E-state index contributed by atoms with van der Waals surface area (Å²) in [5.74, 6) is -0.00772. The molecular formula is C17H11FN4O. The summed E-state index contributed by atoms with van der Waals surface area (Å²) in [7, 11) is 0. The second-order valence-electron chi connectivity index (χ2n) is 4.95. The monoisotopic (exact) mass is 306 g/mol. The molecule has 0 spiro atoms. The largest absolute Gasteiger partial charge is 0.424 e. The van der Waals surface area contributed by atoms with Crippen LogP contribution in [0.25, 0.3) is 16.6 Å². The molecule has 3 aromatic heterocycles. The molecule has 0 aliphatic heterocycles. The molecule has 0 aliphatic rings. The van der Waals surface area contributed by atoms with E-state index in [-0.39, 0.29) is 11.8 Å². The van der Waals surface area contributed by atoms with Crippen molar-refractivity contribution >= 4 is 5.52 Å². The second kappa shape index (κ2) is 5.49. The van der Waals surface area contributed by atoms with E-state index in [0.29, 0.717) is 5.75 Å². The van der Waals surface area contributed by atoms with Crippen LogP contribution in [-0.4, -0.2) is 19.4 Å². The minimum absolute atomic E-state index is 0.171. The lowest BCUT2D eigenvalue weighted by molar-refractivity contribution is 0.438. The SMILES string of the molecule is Fc1cccc(Oc2ncc(-c3ccn4cncc4c3)cn2)c1. The molecule has 0 amide bonds. The molecule has 112 valence electrons. The summed E-state index contributed by atoms with van der Waals surface area (Å²) >= 11 is 0. The third-order valence-electron chi connectivity index (χ3n) is 3.38. The number of benzene rings is 1. The Morgan fingerprint density at radius 1 is 0.957 bits per heavy atom. The normalized spacial score (nSPS) is 10.8. The molecule has 0 fully saturated rings. The number of ether oxygens (including phenoxy) is 1. The number of rotatable bonds is 3. The second-order valence-corrected chi connectivity index (χ2v) is 4.95. The minimum atomic E-state index is -0.367. The van der Waals surface area contributed by atoms with Gasteiger partial charge in [-0.25, -0.2) is 19.3 Å². The fraction of sp³-hybridized carbons (Fsp3) is 0. The van der Waals surface area contributed by atoms with Crippen LogP contribution in [0.15, 0.2) is 67.5 Å². The van der Waals surface area contributed by atoms with Gasteiger partial charge in [0.05, 0.1) is 18.0 Å². The highest BCUT2D eigenvalue weighted by Gasteiger charge is 2.05. The van der Waals surface area contributed by atoms with Crippen LogP contribution in [0.3, 0.4) is 0 Å². The smallest absolute Gasteiger partial charge is 0.321 e. The lowest BCUT2D eigenvalue weighted by Crippen LogP contribution is -1.93. The van der Waals surface area contributed by atoms with Gasteiger partial charge in [0.1, 0.15) is 11.6 Å². The Balaban J connectivity index is 1.59. The van der Waals surface area contributed by atoms with E-state index >= 15 is 0 Å². The molecule has 23 heavy (non-hydrogen) atoms. The number of halogens is 1. The van der Waals surface area contributed by atoms with Crippen LogP contribution >= 0.6 is 0 Å². The fourth-order valence-corrected chi connectivity index (χ4v) is 2.25. The Hall–Kier alpha value is -3.28. The number of hydrogen-bond donors (Lipinski definition) is 0. The Morgan fingerprint density at radius 3 is 2.65 bits per heavy atom. The first kappa shape index (κ1) is 13.4. The van der Waals surface area contributed by atoms with E-state index in [1.807, 2.05) is 22.7 Å². The van der Waals surface area contributed by atoms with Crippen LogP contribution in [0.2, 0.25) is 0 Å². The zero-order chi connectivity index (χ0) is 15.6. The van der Waals surface area contributed by atoms with Gasteiger partial charge in [0.25, 0.3) is 0 Å². The summed E-state index contributed by atoms with van der Waals surface area (Å²) in [6.07, 6.45) is 8.79. The quantitative estimate of drug-likeness (QED) is 0.579. The first-order chi connectivity index (χ1) is 11.3. The zero-order valence-electron chi connectivity index (χ0n) is 11.9. The highest BCUT2D eigenvalue weighted by Crippen LogP contribution is 2.22. The average Bonchev–Trinajstić information content (AvgIpc) is 3.03. The first-order valence-corrected chi connectivity index (χ1v) is 6.95. The lowest BCUT2D eigenvalue weighted by atomic mass is 10.1. The van der Waals surface area contributed by atoms with E-state index in [9.17, 15) is 4.39 Å². The maximum atomic E-state index is 13.1. The van der Waals surface area contributed by atoms with E-state index in [4.69, 9.17) is 4.74 Å². The summed E-state index contributed by atoms with van der Waals surface area (Å²) in [5, 5.41) is 0. The molecule has 4 rings (SSSR count). The molecule has 0 bridgehead atoms. The first-order valence-electron chi connectivity index (χ1n) is 6.95. The van der Waals surface area contributed by atoms with Gasteiger partial charge in [-0.15, -0.1) is 0 Å². The van der Waals surface area contributed by atoms with Crippen LogP contribution in [0, 0.1) is 5.82 Å². The predicted molar refractivity (Wildman–Crippen MR) is 82.7 cm³/mol. The van der Waals surface area contributed by atoms with Crippen molar-refractivity contribution < 1.29 is 9.13 Å². The fourth-order valence-electron chi connectivity index (χ4n) is 2.25. The van der Waals surface area contributed by atoms with Crippen LogP contribution in [0.4, 0.5) is 4.39 Å². The van der Waals surface area contributed by atoms with Gasteiger partial charge in [-0.05, 0) is 29.8 Å². The third kappa shape index (κ3) is 2.74. The van der Waals surface area contributed by atoms with Gasteiger partial charge in [-0.2, -0.15) is 0 Å². The van der Waals surface area contributed by atoms with Crippen LogP contribution in [0.1, 0.15) is 0 Å². The molecule has 0 N–H and O–H groups in total. The number of nitrogens with zero attached hydrogens (tertiary/aromatic N) is 4. The van der Waals surface area contributed by atoms with Crippen molar-refractivity contribution in [1.82, 2.24) is 19.4 Å².